The van der Waals surface area contributed by atoms with Gasteiger partial charge >= 0.3 is 0 Å². The van der Waals surface area contributed by atoms with Gasteiger partial charge in [-0.2, -0.15) is 11.8 Å². The number of methoxy groups -OCH3 is 1. The van der Waals surface area contributed by atoms with Crippen LogP contribution in [0, 0.1) is 0 Å². The number of ether oxygens (including phenoxy) is 1. The summed E-state index contributed by atoms with van der Waals surface area (Å²) in [4.78, 5) is 6.71. The number of thioether (sulfide) groups is 1. The van der Waals surface area contributed by atoms with Crippen molar-refractivity contribution in [3.8, 4) is 0 Å². The molecule has 108 valence electrons. The Labute approximate surface area is 132 Å². The zero-order valence-electron chi connectivity index (χ0n) is 11.9. The molecule has 1 rings (SSSR count). The van der Waals surface area contributed by atoms with E-state index in [2.05, 4.69) is 29.1 Å². The highest BCUT2D eigenvalue weighted by atomic mass is 127. The molecule has 0 atom stereocenters. The SMILES string of the molecule is CN=C(NCCCOC)N1CCSC(C)(C)C1.I. The van der Waals surface area contributed by atoms with Crippen molar-refractivity contribution in [2.45, 2.75) is 25.0 Å². The van der Waals surface area contributed by atoms with Crippen LogP contribution in [-0.2, 0) is 4.74 Å². The molecule has 0 aromatic heterocycles. The third kappa shape index (κ3) is 6.47. The predicted molar refractivity (Wildman–Crippen MR) is 91.4 cm³/mol. The molecule has 1 aliphatic rings. The fourth-order valence-corrected chi connectivity index (χ4v) is 3.06. The summed E-state index contributed by atoms with van der Waals surface area (Å²) < 4.78 is 5.36. The number of rotatable bonds is 4. The van der Waals surface area contributed by atoms with Crippen molar-refractivity contribution < 1.29 is 4.74 Å². The summed E-state index contributed by atoms with van der Waals surface area (Å²) in [5.41, 5.74) is 0. The monoisotopic (exact) mass is 387 g/mol. The van der Waals surface area contributed by atoms with E-state index in [0.29, 0.717) is 4.75 Å². The van der Waals surface area contributed by atoms with Crippen molar-refractivity contribution in [2.24, 2.45) is 4.99 Å². The highest BCUT2D eigenvalue weighted by molar-refractivity contribution is 14.0. The molecule has 6 heteroatoms. The Balaban J connectivity index is 0.00000289. The van der Waals surface area contributed by atoms with Crippen molar-refractivity contribution in [3.63, 3.8) is 0 Å². The number of nitrogens with one attached hydrogen (secondary N) is 1. The molecule has 0 aliphatic carbocycles. The zero-order chi connectivity index (χ0) is 12.7. The second-order valence-electron chi connectivity index (χ2n) is 4.85. The van der Waals surface area contributed by atoms with Crippen molar-refractivity contribution in [1.29, 1.82) is 0 Å². The Morgan fingerprint density at radius 3 is 2.78 bits per heavy atom. The second kappa shape index (κ2) is 9.25. The minimum atomic E-state index is 0. The zero-order valence-corrected chi connectivity index (χ0v) is 15.0. The van der Waals surface area contributed by atoms with Crippen LogP contribution in [0.4, 0.5) is 0 Å². The maximum Gasteiger partial charge on any atom is 0.193 e. The van der Waals surface area contributed by atoms with Gasteiger partial charge in [-0.3, -0.25) is 4.99 Å². The molecule has 1 N–H and O–H groups in total. The lowest BCUT2D eigenvalue weighted by atomic mass is 10.2. The average Bonchev–Trinajstić information content (AvgIpc) is 2.28. The Kier molecular flexibility index (Phi) is 9.41. The van der Waals surface area contributed by atoms with E-state index in [4.69, 9.17) is 4.74 Å². The molecular weight excluding hydrogens is 361 g/mol. The summed E-state index contributed by atoms with van der Waals surface area (Å²) in [5.74, 6) is 2.20. The van der Waals surface area contributed by atoms with Crippen molar-refractivity contribution in [2.75, 3.05) is 46.2 Å². The topological polar surface area (TPSA) is 36.9 Å². The molecule has 0 bridgehead atoms. The molecule has 0 aromatic rings. The lowest BCUT2D eigenvalue weighted by Crippen LogP contribution is -2.51. The number of nitrogens with zero attached hydrogens (tertiary/aromatic N) is 2. The Morgan fingerprint density at radius 1 is 1.50 bits per heavy atom. The highest BCUT2D eigenvalue weighted by Crippen LogP contribution is 2.29. The first-order chi connectivity index (χ1) is 8.09. The van der Waals surface area contributed by atoms with E-state index in [1.807, 2.05) is 18.8 Å². The van der Waals surface area contributed by atoms with Gasteiger partial charge in [-0.25, -0.2) is 0 Å². The first kappa shape index (κ1) is 18.3. The van der Waals surface area contributed by atoms with Gasteiger partial charge in [-0.05, 0) is 20.3 Å². The molecule has 0 spiro atoms. The first-order valence-corrected chi connectivity index (χ1v) is 7.16. The van der Waals surface area contributed by atoms with Crippen LogP contribution in [-0.4, -0.2) is 61.8 Å². The third-order valence-corrected chi connectivity index (χ3v) is 4.04. The maximum atomic E-state index is 5.04. The minimum absolute atomic E-state index is 0. The summed E-state index contributed by atoms with van der Waals surface area (Å²) in [7, 11) is 3.59. The lowest BCUT2D eigenvalue weighted by Gasteiger charge is -2.39. The number of aliphatic imine (C=N–C) groups is 1. The molecule has 1 fully saturated rings. The van der Waals surface area contributed by atoms with Crippen molar-refractivity contribution in [1.82, 2.24) is 10.2 Å². The fourth-order valence-electron chi connectivity index (χ4n) is 1.95. The van der Waals surface area contributed by atoms with Crippen LogP contribution in [0.5, 0.6) is 0 Å². The standard InChI is InChI=1S/C12H25N3OS.HI/c1-12(2)10-15(7-9-17-12)11(13-3)14-6-5-8-16-4;/h5-10H2,1-4H3,(H,13,14);1H. The molecule has 1 aliphatic heterocycles. The van der Waals surface area contributed by atoms with Crippen molar-refractivity contribution in [3.05, 3.63) is 0 Å². The van der Waals surface area contributed by atoms with E-state index >= 15 is 0 Å². The second-order valence-corrected chi connectivity index (χ2v) is 6.65. The van der Waals surface area contributed by atoms with Crippen LogP contribution >= 0.6 is 35.7 Å². The average molecular weight is 387 g/mol. The van der Waals surface area contributed by atoms with Gasteiger partial charge in [-0.1, -0.05) is 0 Å². The van der Waals surface area contributed by atoms with E-state index in [0.717, 1.165) is 38.6 Å². The van der Waals surface area contributed by atoms with Gasteiger partial charge < -0.3 is 15.0 Å². The molecule has 0 radical (unpaired) electrons. The molecule has 18 heavy (non-hydrogen) atoms. The molecule has 1 saturated heterocycles. The molecule has 4 nitrogen and oxygen atoms in total. The van der Waals surface area contributed by atoms with Crippen LogP contribution in [0.3, 0.4) is 0 Å². The fraction of sp³-hybridized carbons (Fsp3) is 0.917. The van der Waals surface area contributed by atoms with E-state index in [-0.39, 0.29) is 24.0 Å². The quantitative estimate of drug-likeness (QED) is 0.347. The molecule has 0 aromatic carbocycles. The van der Waals surface area contributed by atoms with Crippen LogP contribution in [0.15, 0.2) is 4.99 Å². The van der Waals surface area contributed by atoms with Gasteiger partial charge in [0.25, 0.3) is 0 Å². The van der Waals surface area contributed by atoms with Crippen molar-refractivity contribution >= 4 is 41.7 Å². The summed E-state index contributed by atoms with van der Waals surface area (Å²) >= 11 is 2.04. The lowest BCUT2D eigenvalue weighted by molar-refractivity contribution is 0.195. The van der Waals surface area contributed by atoms with Gasteiger partial charge in [0.15, 0.2) is 5.96 Å². The summed E-state index contributed by atoms with van der Waals surface area (Å²) in [6.45, 7) is 8.44. The number of halogens is 1. The largest absolute Gasteiger partial charge is 0.385 e. The van der Waals surface area contributed by atoms with E-state index in [1.54, 1.807) is 7.11 Å². The maximum absolute atomic E-state index is 5.04. The number of hydrogen-bond donors (Lipinski definition) is 1. The van der Waals surface area contributed by atoms with E-state index < -0.39 is 0 Å². The predicted octanol–water partition coefficient (Wildman–Crippen LogP) is 2.04. The highest BCUT2D eigenvalue weighted by Gasteiger charge is 2.28. The van der Waals surface area contributed by atoms with Crippen LogP contribution in [0.25, 0.3) is 0 Å². The Morgan fingerprint density at radius 2 is 2.22 bits per heavy atom. The summed E-state index contributed by atoms with van der Waals surface area (Å²) in [5, 5.41) is 3.40. The first-order valence-electron chi connectivity index (χ1n) is 6.17. The number of hydrogen-bond acceptors (Lipinski definition) is 3. The van der Waals surface area contributed by atoms with Crippen LogP contribution in [0.2, 0.25) is 0 Å². The normalized spacial score (nSPS) is 19.3. The van der Waals surface area contributed by atoms with Gasteiger partial charge in [0, 0.05) is 50.9 Å². The molecule has 1 heterocycles. The van der Waals surface area contributed by atoms with Gasteiger partial charge in [0.05, 0.1) is 0 Å². The van der Waals surface area contributed by atoms with Crippen LogP contribution in [0.1, 0.15) is 20.3 Å². The summed E-state index contributed by atoms with van der Waals surface area (Å²) in [6.07, 6.45) is 1.02. The summed E-state index contributed by atoms with van der Waals surface area (Å²) in [6, 6.07) is 0. The van der Waals surface area contributed by atoms with Gasteiger partial charge in [-0.15, -0.1) is 24.0 Å². The Hall–Kier alpha value is 0.310. The molecule has 0 saturated carbocycles. The van der Waals surface area contributed by atoms with Gasteiger partial charge in [0.1, 0.15) is 0 Å². The molecule has 0 unspecified atom stereocenters. The van der Waals surface area contributed by atoms with Crippen LogP contribution < -0.4 is 5.32 Å². The molecular formula is C12H26IN3OS. The van der Waals surface area contributed by atoms with Gasteiger partial charge in [0.2, 0.25) is 0 Å². The number of guanidine groups is 1. The molecule has 0 amide bonds. The van der Waals surface area contributed by atoms with E-state index in [1.165, 1.54) is 5.75 Å². The third-order valence-electron chi connectivity index (χ3n) is 2.75. The Bertz CT molecular complexity index is 262. The smallest absolute Gasteiger partial charge is 0.193 e. The van der Waals surface area contributed by atoms with E-state index in [9.17, 15) is 0 Å². The minimum Gasteiger partial charge on any atom is -0.385 e.